The van der Waals surface area contributed by atoms with Crippen molar-refractivity contribution in [2.45, 2.75) is 6.54 Å². The zero-order valence-corrected chi connectivity index (χ0v) is 15.1. The molecule has 0 aliphatic rings. The molecule has 4 aromatic rings. The Balaban J connectivity index is 1.95. The second-order valence-electron chi connectivity index (χ2n) is 6.45. The summed E-state index contributed by atoms with van der Waals surface area (Å²) in [5, 5.41) is 9.29. The van der Waals surface area contributed by atoms with Crippen molar-refractivity contribution >= 4 is 22.8 Å². The molecule has 0 saturated carbocycles. The lowest BCUT2D eigenvalue weighted by Gasteiger charge is -2.14. The fraction of sp³-hybridized carbons (Fsp3) is 0.0476. The Kier molecular flexibility index (Phi) is 4.44. The van der Waals surface area contributed by atoms with Crippen molar-refractivity contribution < 1.29 is 9.90 Å². The van der Waals surface area contributed by atoms with E-state index in [2.05, 4.69) is 4.98 Å². The second kappa shape index (κ2) is 7.08. The third-order valence-corrected chi connectivity index (χ3v) is 4.56. The largest absolute Gasteiger partial charge is 0.478 e. The number of para-hydroxylation sites is 1. The molecule has 144 valence electrons. The smallest absolute Gasteiger partial charge is 0.337 e. The Morgan fingerprint density at radius 1 is 0.966 bits per heavy atom. The summed E-state index contributed by atoms with van der Waals surface area (Å²) in [4.78, 5) is 41.5. The minimum Gasteiger partial charge on any atom is -0.478 e. The van der Waals surface area contributed by atoms with Gasteiger partial charge < -0.3 is 10.8 Å². The zero-order valence-electron chi connectivity index (χ0n) is 15.1. The van der Waals surface area contributed by atoms with Gasteiger partial charge in [-0.05, 0) is 42.0 Å². The maximum absolute atomic E-state index is 13.2. The second-order valence-corrected chi connectivity index (χ2v) is 6.45. The summed E-state index contributed by atoms with van der Waals surface area (Å²) in [5.41, 5.74) is 6.22. The fourth-order valence-electron chi connectivity index (χ4n) is 3.13. The molecule has 0 unspecified atom stereocenters. The zero-order chi connectivity index (χ0) is 20.5. The van der Waals surface area contributed by atoms with Crippen molar-refractivity contribution in [3.05, 3.63) is 98.7 Å². The lowest BCUT2D eigenvalue weighted by Crippen LogP contribution is -2.40. The molecule has 29 heavy (non-hydrogen) atoms. The van der Waals surface area contributed by atoms with E-state index in [1.165, 1.54) is 22.8 Å². The number of aromatic carboxylic acids is 1. The van der Waals surface area contributed by atoms with E-state index in [9.17, 15) is 14.4 Å². The summed E-state index contributed by atoms with van der Waals surface area (Å²) in [5.74, 6) is -0.850. The Morgan fingerprint density at radius 2 is 1.66 bits per heavy atom. The number of carboxylic acid groups (broad SMARTS) is 1. The van der Waals surface area contributed by atoms with Gasteiger partial charge in [0, 0.05) is 0 Å². The van der Waals surface area contributed by atoms with Crippen LogP contribution in [-0.4, -0.2) is 25.2 Å². The van der Waals surface area contributed by atoms with E-state index < -0.39 is 17.2 Å². The number of carbonyl (C=O) groups is 1. The molecule has 2 aromatic carbocycles. The van der Waals surface area contributed by atoms with Crippen LogP contribution in [-0.2, 0) is 6.54 Å². The summed E-state index contributed by atoms with van der Waals surface area (Å²) in [7, 11) is 0. The van der Waals surface area contributed by atoms with E-state index in [4.69, 9.17) is 10.8 Å². The van der Waals surface area contributed by atoms with Gasteiger partial charge in [-0.15, -0.1) is 0 Å². The third-order valence-electron chi connectivity index (χ3n) is 4.56. The van der Waals surface area contributed by atoms with Crippen molar-refractivity contribution in [2.75, 3.05) is 5.73 Å². The number of pyridine rings is 1. The Labute approximate surface area is 164 Å². The topological polar surface area (TPSA) is 120 Å². The standard InChI is InChI=1S/C21H16N4O4/c22-17-11-10-16-18(23-17)25(15-4-2-1-3-5-15)21(29)24(19(16)26)12-13-6-8-14(9-7-13)20(27)28/h1-11H,12H2,(H2,22,23)(H,27,28). The highest BCUT2D eigenvalue weighted by atomic mass is 16.4. The maximum Gasteiger partial charge on any atom is 0.337 e. The highest BCUT2D eigenvalue weighted by Gasteiger charge is 2.16. The highest BCUT2D eigenvalue weighted by molar-refractivity contribution is 5.87. The summed E-state index contributed by atoms with van der Waals surface area (Å²) < 4.78 is 2.45. The van der Waals surface area contributed by atoms with Crippen LogP contribution in [0.5, 0.6) is 0 Å². The summed E-state index contributed by atoms with van der Waals surface area (Å²) >= 11 is 0. The number of anilines is 1. The minimum absolute atomic E-state index is 0.00921. The number of hydrogen-bond acceptors (Lipinski definition) is 5. The first-order valence-corrected chi connectivity index (χ1v) is 8.75. The number of benzene rings is 2. The van der Waals surface area contributed by atoms with Crippen LogP contribution in [0.1, 0.15) is 15.9 Å². The van der Waals surface area contributed by atoms with Crippen molar-refractivity contribution in [3.63, 3.8) is 0 Å². The molecule has 0 radical (unpaired) electrons. The van der Waals surface area contributed by atoms with Crippen LogP contribution >= 0.6 is 0 Å². The van der Waals surface area contributed by atoms with Crippen LogP contribution in [0.3, 0.4) is 0 Å². The SMILES string of the molecule is Nc1ccc2c(=O)n(Cc3ccc(C(=O)O)cc3)c(=O)n(-c3ccccc3)c2n1. The predicted molar refractivity (Wildman–Crippen MR) is 109 cm³/mol. The molecule has 8 heteroatoms. The van der Waals surface area contributed by atoms with Gasteiger partial charge in [0.15, 0.2) is 5.65 Å². The van der Waals surface area contributed by atoms with E-state index in [0.29, 0.717) is 11.3 Å². The quantitative estimate of drug-likeness (QED) is 0.551. The van der Waals surface area contributed by atoms with E-state index in [1.54, 1.807) is 42.5 Å². The Bertz CT molecular complexity index is 1340. The number of nitrogens with zero attached hydrogens (tertiary/aromatic N) is 3. The molecule has 0 saturated heterocycles. The molecule has 0 bridgehead atoms. The number of nitrogens with two attached hydrogens (primary N) is 1. The fourth-order valence-corrected chi connectivity index (χ4v) is 3.13. The van der Waals surface area contributed by atoms with Crippen LogP contribution in [0.25, 0.3) is 16.7 Å². The molecule has 0 fully saturated rings. The van der Waals surface area contributed by atoms with Crippen molar-refractivity contribution in [1.29, 1.82) is 0 Å². The van der Waals surface area contributed by atoms with Gasteiger partial charge in [-0.1, -0.05) is 30.3 Å². The monoisotopic (exact) mass is 388 g/mol. The number of hydrogen-bond donors (Lipinski definition) is 2. The number of carboxylic acids is 1. The molecule has 0 amide bonds. The molecule has 2 heterocycles. The number of aromatic nitrogens is 3. The lowest BCUT2D eigenvalue weighted by molar-refractivity contribution is 0.0697. The highest BCUT2D eigenvalue weighted by Crippen LogP contribution is 2.14. The molecule has 2 aromatic heterocycles. The van der Waals surface area contributed by atoms with Crippen molar-refractivity contribution in [1.82, 2.24) is 14.1 Å². The summed E-state index contributed by atoms with van der Waals surface area (Å²) in [6, 6.07) is 17.9. The normalized spacial score (nSPS) is 10.9. The van der Waals surface area contributed by atoms with Crippen LogP contribution in [0.2, 0.25) is 0 Å². The molecule has 0 aliphatic carbocycles. The van der Waals surface area contributed by atoms with Crippen LogP contribution in [0.4, 0.5) is 5.82 Å². The number of rotatable bonds is 4. The first kappa shape index (κ1) is 18.2. The van der Waals surface area contributed by atoms with Crippen molar-refractivity contribution in [2.24, 2.45) is 0 Å². The number of nitrogen functional groups attached to an aromatic ring is 1. The van der Waals surface area contributed by atoms with E-state index >= 15 is 0 Å². The van der Waals surface area contributed by atoms with Gasteiger partial charge in [0.2, 0.25) is 0 Å². The molecule has 3 N–H and O–H groups in total. The predicted octanol–water partition coefficient (Wildman–Crippen LogP) is 1.88. The lowest BCUT2D eigenvalue weighted by atomic mass is 10.1. The Hall–Kier alpha value is -4.20. The molecule has 4 rings (SSSR count). The van der Waals surface area contributed by atoms with Crippen LogP contribution in [0.15, 0.2) is 76.3 Å². The maximum atomic E-state index is 13.2. The van der Waals surface area contributed by atoms with Crippen molar-refractivity contribution in [3.8, 4) is 5.69 Å². The van der Waals surface area contributed by atoms with Gasteiger partial charge >= 0.3 is 11.7 Å². The molecular formula is C21H16N4O4. The first-order chi connectivity index (χ1) is 14.0. The molecular weight excluding hydrogens is 372 g/mol. The summed E-state index contributed by atoms with van der Waals surface area (Å²) in [6.07, 6.45) is 0. The van der Waals surface area contributed by atoms with E-state index in [-0.39, 0.29) is 29.0 Å². The van der Waals surface area contributed by atoms with Crippen LogP contribution in [0, 0.1) is 0 Å². The molecule has 0 spiro atoms. The first-order valence-electron chi connectivity index (χ1n) is 8.75. The van der Waals surface area contributed by atoms with Gasteiger partial charge in [0.1, 0.15) is 5.82 Å². The summed E-state index contributed by atoms with van der Waals surface area (Å²) in [6.45, 7) is -0.00921. The van der Waals surface area contributed by atoms with Crippen LogP contribution < -0.4 is 17.0 Å². The molecule has 8 nitrogen and oxygen atoms in total. The molecule has 0 aliphatic heterocycles. The van der Waals surface area contributed by atoms with Gasteiger partial charge in [0.05, 0.1) is 23.2 Å². The Morgan fingerprint density at radius 3 is 2.31 bits per heavy atom. The van der Waals surface area contributed by atoms with E-state index in [1.807, 2.05) is 6.07 Å². The minimum atomic E-state index is -1.05. The average molecular weight is 388 g/mol. The molecule has 0 atom stereocenters. The average Bonchev–Trinajstić information content (AvgIpc) is 2.72. The van der Waals surface area contributed by atoms with E-state index in [0.717, 1.165) is 4.57 Å². The third kappa shape index (κ3) is 3.27. The van der Waals surface area contributed by atoms with Gasteiger partial charge in [-0.25, -0.2) is 19.1 Å². The van der Waals surface area contributed by atoms with Gasteiger partial charge in [-0.3, -0.25) is 9.36 Å². The van der Waals surface area contributed by atoms with Gasteiger partial charge in [-0.2, -0.15) is 0 Å². The van der Waals surface area contributed by atoms with Gasteiger partial charge in [0.25, 0.3) is 5.56 Å². The number of fused-ring (bicyclic) bond motifs is 1.